The van der Waals surface area contributed by atoms with E-state index in [9.17, 15) is 4.79 Å². The number of ether oxygens (including phenoxy) is 2. The molecule has 220 valence electrons. The largest absolute Gasteiger partial charge is 0.497 e. The number of carbonyl (C=O) groups excluding carboxylic acids is 1. The molecule has 5 rings (SSSR count). The average Bonchev–Trinajstić information content (AvgIpc) is 3.54. The third-order valence-electron chi connectivity index (χ3n) is 7.61. The molecule has 0 spiro atoms. The van der Waals surface area contributed by atoms with Crippen molar-refractivity contribution in [1.82, 2.24) is 15.2 Å². The van der Waals surface area contributed by atoms with E-state index in [1.165, 1.54) is 16.9 Å². The van der Waals surface area contributed by atoms with Gasteiger partial charge in [0.2, 0.25) is 0 Å². The summed E-state index contributed by atoms with van der Waals surface area (Å²) in [5, 5.41) is 5.97. The molecular weight excluding hydrogens is 554 g/mol. The van der Waals surface area contributed by atoms with E-state index in [1.54, 1.807) is 14.2 Å². The smallest absolute Gasteiger partial charge is 0.271 e. The fourth-order valence-electron chi connectivity index (χ4n) is 5.15. The minimum absolute atomic E-state index is 0.0996. The molecule has 1 aromatic heterocycles. The number of hydrogen-bond donors (Lipinski definition) is 1. The average molecular weight is 592 g/mol. The summed E-state index contributed by atoms with van der Waals surface area (Å²) >= 11 is 1.51. The van der Waals surface area contributed by atoms with Crippen molar-refractivity contribution in [3.63, 3.8) is 0 Å². The molecule has 0 saturated carbocycles. The first-order chi connectivity index (χ1) is 21.0. The Labute approximate surface area is 258 Å². The van der Waals surface area contributed by atoms with Gasteiger partial charge in [-0.15, -0.1) is 11.3 Å². The van der Waals surface area contributed by atoms with Gasteiger partial charge < -0.3 is 14.8 Å². The van der Waals surface area contributed by atoms with Crippen LogP contribution in [0.25, 0.3) is 0 Å². The predicted octanol–water partition coefficient (Wildman–Crippen LogP) is 7.64. The topological polar surface area (TPSA) is 63.7 Å². The molecule has 2 unspecified atom stereocenters. The fourth-order valence-corrected chi connectivity index (χ4v) is 5.95. The van der Waals surface area contributed by atoms with E-state index in [0.29, 0.717) is 25.2 Å². The number of rotatable bonds is 13. The Morgan fingerprint density at radius 2 is 1.49 bits per heavy atom. The van der Waals surface area contributed by atoms with Crippen LogP contribution in [-0.2, 0) is 19.5 Å². The number of hydrogen-bond acceptors (Lipinski definition) is 6. The van der Waals surface area contributed by atoms with Gasteiger partial charge in [0.05, 0.1) is 26.8 Å². The van der Waals surface area contributed by atoms with Crippen LogP contribution in [0.3, 0.4) is 0 Å². The van der Waals surface area contributed by atoms with Gasteiger partial charge in [0, 0.05) is 29.6 Å². The normalized spacial score (nSPS) is 12.5. The van der Waals surface area contributed by atoms with Crippen LogP contribution in [0.15, 0.2) is 115 Å². The molecule has 1 amide bonds. The van der Waals surface area contributed by atoms with Crippen LogP contribution in [0.5, 0.6) is 11.5 Å². The van der Waals surface area contributed by atoms with Crippen LogP contribution in [0.2, 0.25) is 0 Å². The van der Waals surface area contributed by atoms with E-state index in [1.807, 2.05) is 66.0 Å². The number of thiazole rings is 1. The van der Waals surface area contributed by atoms with Gasteiger partial charge in [0.1, 0.15) is 22.2 Å². The monoisotopic (exact) mass is 591 g/mol. The van der Waals surface area contributed by atoms with Crippen LogP contribution in [0.1, 0.15) is 56.8 Å². The van der Waals surface area contributed by atoms with Crippen molar-refractivity contribution in [3.8, 4) is 11.5 Å². The molecule has 0 aliphatic heterocycles. The highest BCUT2D eigenvalue weighted by Crippen LogP contribution is 2.31. The van der Waals surface area contributed by atoms with Crippen LogP contribution in [-0.4, -0.2) is 30.0 Å². The third kappa shape index (κ3) is 7.89. The minimum atomic E-state index is -0.174. The number of amides is 1. The zero-order chi connectivity index (χ0) is 30.0. The quantitative estimate of drug-likeness (QED) is 0.152. The molecule has 0 bridgehead atoms. The van der Waals surface area contributed by atoms with Crippen molar-refractivity contribution in [2.24, 2.45) is 0 Å². The molecule has 2 atom stereocenters. The highest BCUT2D eigenvalue weighted by Gasteiger charge is 2.22. The molecule has 0 fully saturated rings. The molecule has 43 heavy (non-hydrogen) atoms. The lowest BCUT2D eigenvalue weighted by atomic mass is 9.99. The number of nitrogens with one attached hydrogen (secondary N) is 1. The Hall–Kier alpha value is -4.46. The first kappa shape index (κ1) is 30.0. The van der Waals surface area contributed by atoms with Gasteiger partial charge in [0.25, 0.3) is 5.91 Å². The molecule has 7 heteroatoms. The number of methoxy groups -OCH3 is 2. The lowest BCUT2D eigenvalue weighted by Crippen LogP contribution is -2.30. The summed E-state index contributed by atoms with van der Waals surface area (Å²) in [5.74, 6) is 1.35. The molecule has 4 aromatic carbocycles. The van der Waals surface area contributed by atoms with Crippen LogP contribution < -0.4 is 14.8 Å². The highest BCUT2D eigenvalue weighted by atomic mass is 32.1. The molecule has 0 aliphatic carbocycles. The molecule has 5 aromatic rings. The Kier molecular flexibility index (Phi) is 10.2. The van der Waals surface area contributed by atoms with Crippen molar-refractivity contribution in [3.05, 3.63) is 148 Å². The van der Waals surface area contributed by atoms with Crippen molar-refractivity contribution < 1.29 is 14.3 Å². The summed E-state index contributed by atoms with van der Waals surface area (Å²) < 4.78 is 11.1. The van der Waals surface area contributed by atoms with Crippen molar-refractivity contribution in [1.29, 1.82) is 0 Å². The van der Waals surface area contributed by atoms with Gasteiger partial charge in [-0.3, -0.25) is 9.69 Å². The number of carbonyl (C=O) groups is 1. The maximum absolute atomic E-state index is 13.5. The van der Waals surface area contributed by atoms with E-state index >= 15 is 0 Å². The summed E-state index contributed by atoms with van der Waals surface area (Å²) in [6.45, 7) is 3.41. The van der Waals surface area contributed by atoms with Gasteiger partial charge in [-0.2, -0.15) is 0 Å². The lowest BCUT2D eigenvalue weighted by Gasteiger charge is -2.29. The van der Waals surface area contributed by atoms with E-state index < -0.39 is 0 Å². The Morgan fingerprint density at radius 3 is 2.14 bits per heavy atom. The SMILES string of the molecule is COc1ccc(CN(Cc2nc(C(=O)NC(Cc3ccccc3)c3ccccc3)cs2)C(C)c2ccccc2)c(OC)c1. The van der Waals surface area contributed by atoms with Crippen LogP contribution >= 0.6 is 11.3 Å². The van der Waals surface area contributed by atoms with Crippen molar-refractivity contribution >= 4 is 17.2 Å². The Bertz CT molecular complexity index is 1590. The van der Waals surface area contributed by atoms with Gasteiger partial charge in [-0.25, -0.2) is 4.98 Å². The van der Waals surface area contributed by atoms with Gasteiger partial charge in [0.15, 0.2) is 0 Å². The molecule has 0 radical (unpaired) electrons. The Balaban J connectivity index is 1.36. The van der Waals surface area contributed by atoms with Crippen molar-refractivity contribution in [2.45, 2.75) is 38.5 Å². The van der Waals surface area contributed by atoms with Gasteiger partial charge in [-0.1, -0.05) is 97.1 Å². The summed E-state index contributed by atoms with van der Waals surface area (Å²) in [6, 6.07) is 36.6. The molecule has 1 N–H and O–H groups in total. The second-order valence-electron chi connectivity index (χ2n) is 10.4. The first-order valence-electron chi connectivity index (χ1n) is 14.4. The summed E-state index contributed by atoms with van der Waals surface area (Å²) in [5.41, 5.74) is 4.91. The fraction of sp³-hybridized carbons (Fsp3) is 0.222. The number of benzene rings is 4. The van der Waals surface area contributed by atoms with E-state index in [-0.39, 0.29) is 18.0 Å². The van der Waals surface area contributed by atoms with Crippen molar-refractivity contribution in [2.75, 3.05) is 14.2 Å². The minimum Gasteiger partial charge on any atom is -0.497 e. The second kappa shape index (κ2) is 14.6. The summed E-state index contributed by atoms with van der Waals surface area (Å²) in [6.07, 6.45) is 0.694. The summed E-state index contributed by atoms with van der Waals surface area (Å²) in [4.78, 5) is 20.7. The van der Waals surface area contributed by atoms with E-state index in [4.69, 9.17) is 14.5 Å². The zero-order valence-corrected chi connectivity index (χ0v) is 25.6. The predicted molar refractivity (Wildman–Crippen MR) is 173 cm³/mol. The molecule has 0 aliphatic rings. The van der Waals surface area contributed by atoms with E-state index in [0.717, 1.165) is 33.2 Å². The second-order valence-corrected chi connectivity index (χ2v) is 11.4. The summed E-state index contributed by atoms with van der Waals surface area (Å²) in [7, 11) is 3.33. The van der Waals surface area contributed by atoms with Gasteiger partial charge >= 0.3 is 0 Å². The molecular formula is C36H37N3O3S. The van der Waals surface area contributed by atoms with Crippen LogP contribution in [0, 0.1) is 0 Å². The van der Waals surface area contributed by atoms with Gasteiger partial charge in [-0.05, 0) is 36.1 Å². The molecule has 1 heterocycles. The third-order valence-corrected chi connectivity index (χ3v) is 8.44. The molecule has 0 saturated heterocycles. The highest BCUT2D eigenvalue weighted by molar-refractivity contribution is 7.09. The molecule has 6 nitrogen and oxygen atoms in total. The first-order valence-corrected chi connectivity index (χ1v) is 15.3. The number of aromatic nitrogens is 1. The lowest BCUT2D eigenvalue weighted by molar-refractivity contribution is 0.0931. The maximum atomic E-state index is 13.5. The number of nitrogens with zero attached hydrogens (tertiary/aromatic N) is 2. The zero-order valence-electron chi connectivity index (χ0n) is 24.8. The Morgan fingerprint density at radius 1 is 0.837 bits per heavy atom. The van der Waals surface area contributed by atoms with Crippen LogP contribution in [0.4, 0.5) is 0 Å². The standard InChI is InChI=1S/C36H37N3O3S/c1-26(28-15-9-5-10-16-28)39(23-30-19-20-31(41-2)22-34(30)42-3)24-35-37-33(25-43-35)36(40)38-32(29-17-11-6-12-18-29)21-27-13-7-4-8-14-27/h4-20,22,25-26,32H,21,23-24H2,1-3H3,(H,38,40). The van der Waals surface area contributed by atoms with E-state index in [2.05, 4.69) is 65.7 Å². The maximum Gasteiger partial charge on any atom is 0.271 e.